The summed E-state index contributed by atoms with van der Waals surface area (Å²) >= 11 is 0. The van der Waals surface area contributed by atoms with E-state index in [9.17, 15) is 0 Å². The van der Waals surface area contributed by atoms with Gasteiger partial charge in [0.2, 0.25) is 5.89 Å². The molecule has 2 rings (SSSR count). The molecular formula is C12H21N3O. The molecule has 2 N–H and O–H groups in total. The fraction of sp³-hybridized carbons (Fsp3) is 0.833. The molecule has 1 saturated carbocycles. The van der Waals surface area contributed by atoms with Gasteiger partial charge in [0.05, 0.1) is 5.54 Å². The molecular weight excluding hydrogens is 202 g/mol. The number of aryl methyl sites for hydroxylation is 1. The summed E-state index contributed by atoms with van der Waals surface area (Å²) in [6, 6.07) is 0. The molecule has 0 saturated heterocycles. The molecule has 0 radical (unpaired) electrons. The maximum atomic E-state index is 6.39. The van der Waals surface area contributed by atoms with Gasteiger partial charge in [-0.3, -0.25) is 0 Å². The standard InChI is InChI=1S/C12H21N3O/c1-2-7-10-14-11(16-15-10)12(13)8-5-3-4-6-9-12/h2-9,13H2,1H3. The first-order valence-corrected chi connectivity index (χ1v) is 6.36. The minimum atomic E-state index is -0.366. The van der Waals surface area contributed by atoms with Gasteiger partial charge in [0, 0.05) is 6.42 Å². The van der Waals surface area contributed by atoms with Gasteiger partial charge < -0.3 is 10.3 Å². The van der Waals surface area contributed by atoms with Gasteiger partial charge in [-0.25, -0.2) is 0 Å². The highest BCUT2D eigenvalue weighted by atomic mass is 16.5. The van der Waals surface area contributed by atoms with E-state index in [2.05, 4.69) is 17.1 Å². The van der Waals surface area contributed by atoms with Crippen molar-refractivity contribution < 1.29 is 4.52 Å². The molecule has 0 bridgehead atoms. The first-order valence-electron chi connectivity index (χ1n) is 6.36. The van der Waals surface area contributed by atoms with E-state index in [1.165, 1.54) is 25.7 Å². The molecule has 0 spiro atoms. The Morgan fingerprint density at radius 1 is 1.25 bits per heavy atom. The highest BCUT2D eigenvalue weighted by Gasteiger charge is 2.33. The van der Waals surface area contributed by atoms with E-state index in [0.29, 0.717) is 5.89 Å². The van der Waals surface area contributed by atoms with Crippen LogP contribution >= 0.6 is 0 Å². The van der Waals surface area contributed by atoms with E-state index in [1.807, 2.05) is 0 Å². The Balaban J connectivity index is 2.13. The number of nitrogens with two attached hydrogens (primary N) is 1. The lowest BCUT2D eigenvalue weighted by molar-refractivity contribution is 0.256. The molecule has 4 heteroatoms. The lowest BCUT2D eigenvalue weighted by Crippen LogP contribution is -2.36. The van der Waals surface area contributed by atoms with Crippen LogP contribution < -0.4 is 5.73 Å². The Hall–Kier alpha value is -0.900. The lowest BCUT2D eigenvalue weighted by atomic mass is 9.91. The lowest BCUT2D eigenvalue weighted by Gasteiger charge is -2.22. The molecule has 1 aliphatic carbocycles. The Labute approximate surface area is 96.6 Å². The van der Waals surface area contributed by atoms with Crippen LogP contribution in [-0.4, -0.2) is 10.1 Å². The van der Waals surface area contributed by atoms with Crippen LogP contribution in [0.2, 0.25) is 0 Å². The second-order valence-corrected chi connectivity index (χ2v) is 4.84. The predicted molar refractivity (Wildman–Crippen MR) is 61.9 cm³/mol. The highest BCUT2D eigenvalue weighted by molar-refractivity contribution is 5.03. The van der Waals surface area contributed by atoms with Crippen molar-refractivity contribution in [1.82, 2.24) is 10.1 Å². The molecule has 1 aromatic rings. The van der Waals surface area contributed by atoms with Gasteiger partial charge in [0.15, 0.2) is 5.82 Å². The molecule has 1 aromatic heterocycles. The van der Waals surface area contributed by atoms with Crippen LogP contribution in [0.3, 0.4) is 0 Å². The van der Waals surface area contributed by atoms with Gasteiger partial charge in [-0.05, 0) is 19.3 Å². The zero-order valence-corrected chi connectivity index (χ0v) is 10.0. The minimum absolute atomic E-state index is 0.366. The maximum Gasteiger partial charge on any atom is 0.246 e. The number of rotatable bonds is 3. The second kappa shape index (κ2) is 4.95. The van der Waals surface area contributed by atoms with Crippen molar-refractivity contribution in [2.75, 3.05) is 0 Å². The Morgan fingerprint density at radius 3 is 2.56 bits per heavy atom. The Morgan fingerprint density at radius 2 is 1.94 bits per heavy atom. The Bertz CT molecular complexity index is 327. The van der Waals surface area contributed by atoms with Gasteiger partial charge in [-0.2, -0.15) is 4.98 Å². The number of aromatic nitrogens is 2. The molecule has 1 aliphatic rings. The van der Waals surface area contributed by atoms with Crippen LogP contribution in [-0.2, 0) is 12.0 Å². The van der Waals surface area contributed by atoms with E-state index in [-0.39, 0.29) is 5.54 Å². The number of hydrogen-bond acceptors (Lipinski definition) is 4. The molecule has 90 valence electrons. The summed E-state index contributed by atoms with van der Waals surface area (Å²) in [6.07, 6.45) is 8.74. The average molecular weight is 223 g/mol. The van der Waals surface area contributed by atoms with Gasteiger partial charge >= 0.3 is 0 Å². The monoisotopic (exact) mass is 223 g/mol. The van der Waals surface area contributed by atoms with Crippen molar-refractivity contribution in [3.8, 4) is 0 Å². The van der Waals surface area contributed by atoms with Crippen molar-refractivity contribution >= 4 is 0 Å². The summed E-state index contributed by atoms with van der Waals surface area (Å²) in [5, 5.41) is 3.99. The quantitative estimate of drug-likeness (QED) is 0.800. The molecule has 1 fully saturated rings. The van der Waals surface area contributed by atoms with Crippen molar-refractivity contribution in [3.63, 3.8) is 0 Å². The van der Waals surface area contributed by atoms with Crippen molar-refractivity contribution in [2.24, 2.45) is 5.73 Å². The molecule has 0 aliphatic heterocycles. The SMILES string of the molecule is CCCc1noc(C2(N)CCCCCC2)n1. The van der Waals surface area contributed by atoms with Crippen LogP contribution in [0.15, 0.2) is 4.52 Å². The van der Waals surface area contributed by atoms with E-state index in [4.69, 9.17) is 10.3 Å². The molecule has 1 heterocycles. The normalized spacial score (nSPS) is 20.6. The van der Waals surface area contributed by atoms with E-state index in [1.54, 1.807) is 0 Å². The summed E-state index contributed by atoms with van der Waals surface area (Å²) in [7, 11) is 0. The van der Waals surface area contributed by atoms with E-state index >= 15 is 0 Å². The maximum absolute atomic E-state index is 6.39. The Kier molecular flexibility index (Phi) is 3.59. The van der Waals surface area contributed by atoms with Gasteiger partial charge in [0.25, 0.3) is 0 Å². The van der Waals surface area contributed by atoms with Crippen LogP contribution in [0.25, 0.3) is 0 Å². The number of nitrogens with zero attached hydrogens (tertiary/aromatic N) is 2. The molecule has 0 amide bonds. The van der Waals surface area contributed by atoms with Crippen LogP contribution in [0.1, 0.15) is 63.6 Å². The molecule has 0 unspecified atom stereocenters. The molecule has 0 aromatic carbocycles. The predicted octanol–water partition coefficient (Wildman–Crippen LogP) is 2.53. The second-order valence-electron chi connectivity index (χ2n) is 4.84. The van der Waals surface area contributed by atoms with Crippen molar-refractivity contribution in [3.05, 3.63) is 11.7 Å². The zero-order chi connectivity index (χ0) is 11.4. The van der Waals surface area contributed by atoms with Gasteiger partial charge in [-0.15, -0.1) is 0 Å². The molecule has 16 heavy (non-hydrogen) atoms. The fourth-order valence-electron chi connectivity index (χ4n) is 2.35. The highest BCUT2D eigenvalue weighted by Crippen LogP contribution is 2.32. The third-order valence-corrected chi connectivity index (χ3v) is 3.36. The average Bonchev–Trinajstić information content (AvgIpc) is 2.63. The van der Waals surface area contributed by atoms with E-state index < -0.39 is 0 Å². The molecule has 0 atom stereocenters. The van der Waals surface area contributed by atoms with Crippen LogP contribution in [0, 0.1) is 0 Å². The fourth-order valence-corrected chi connectivity index (χ4v) is 2.35. The first kappa shape index (κ1) is 11.6. The van der Waals surface area contributed by atoms with Crippen LogP contribution in [0.4, 0.5) is 0 Å². The van der Waals surface area contributed by atoms with Gasteiger partial charge in [-0.1, -0.05) is 37.8 Å². The first-order chi connectivity index (χ1) is 7.74. The van der Waals surface area contributed by atoms with Crippen molar-refractivity contribution in [2.45, 2.75) is 63.8 Å². The third-order valence-electron chi connectivity index (χ3n) is 3.36. The summed E-state index contributed by atoms with van der Waals surface area (Å²) in [6.45, 7) is 2.11. The topological polar surface area (TPSA) is 64.9 Å². The summed E-state index contributed by atoms with van der Waals surface area (Å²) < 4.78 is 5.33. The van der Waals surface area contributed by atoms with Gasteiger partial charge in [0.1, 0.15) is 0 Å². The summed E-state index contributed by atoms with van der Waals surface area (Å²) in [5.74, 6) is 1.45. The van der Waals surface area contributed by atoms with Crippen LogP contribution in [0.5, 0.6) is 0 Å². The largest absolute Gasteiger partial charge is 0.337 e. The third kappa shape index (κ3) is 2.43. The van der Waals surface area contributed by atoms with E-state index in [0.717, 1.165) is 31.5 Å². The summed E-state index contributed by atoms with van der Waals surface area (Å²) in [4.78, 5) is 4.43. The zero-order valence-electron chi connectivity index (χ0n) is 10.0. The smallest absolute Gasteiger partial charge is 0.246 e. The minimum Gasteiger partial charge on any atom is -0.337 e. The molecule has 4 nitrogen and oxygen atoms in total. The number of hydrogen-bond donors (Lipinski definition) is 1. The summed E-state index contributed by atoms with van der Waals surface area (Å²) in [5.41, 5.74) is 6.03. The van der Waals surface area contributed by atoms with Crippen molar-refractivity contribution in [1.29, 1.82) is 0 Å².